The van der Waals surface area contributed by atoms with E-state index in [1.165, 1.54) is 11.3 Å². The molecule has 0 N–H and O–H groups in total. The molecule has 134 valence electrons. The number of rotatable bonds is 4. The number of hydrogen-bond donors (Lipinski definition) is 0. The predicted molar refractivity (Wildman–Crippen MR) is 97.8 cm³/mol. The Morgan fingerprint density at radius 2 is 1.96 bits per heavy atom. The van der Waals surface area contributed by atoms with Crippen molar-refractivity contribution in [1.29, 1.82) is 0 Å². The van der Waals surface area contributed by atoms with E-state index in [0.29, 0.717) is 18.2 Å². The molecule has 2 aliphatic heterocycles. The Morgan fingerprint density at radius 3 is 2.72 bits per heavy atom. The van der Waals surface area contributed by atoms with Crippen LogP contribution in [0.5, 0.6) is 0 Å². The van der Waals surface area contributed by atoms with Gasteiger partial charge in [0.05, 0.1) is 5.69 Å². The maximum absolute atomic E-state index is 12.3. The normalized spacial score (nSPS) is 19.8. The summed E-state index contributed by atoms with van der Waals surface area (Å²) >= 11 is 1.49. The largest absolute Gasteiger partial charge is 0.343 e. The van der Waals surface area contributed by atoms with E-state index in [9.17, 15) is 9.59 Å². The number of carbonyl (C=O) groups is 1. The molecule has 0 unspecified atom stereocenters. The van der Waals surface area contributed by atoms with Crippen molar-refractivity contribution in [3.63, 3.8) is 0 Å². The fourth-order valence-electron chi connectivity index (χ4n) is 3.89. The molecule has 0 radical (unpaired) electrons. The summed E-state index contributed by atoms with van der Waals surface area (Å²) in [7, 11) is 0. The average molecular weight is 360 g/mol. The zero-order valence-electron chi connectivity index (χ0n) is 14.4. The zero-order chi connectivity index (χ0) is 17.2. The summed E-state index contributed by atoms with van der Waals surface area (Å²) in [5.74, 6) is 0.844. The summed E-state index contributed by atoms with van der Waals surface area (Å²) in [6.45, 7) is 4.57. The molecule has 2 fully saturated rings. The van der Waals surface area contributed by atoms with Crippen molar-refractivity contribution in [2.24, 2.45) is 5.92 Å². The lowest BCUT2D eigenvalue weighted by atomic mass is 9.93. The minimum absolute atomic E-state index is 0.00709. The van der Waals surface area contributed by atoms with Gasteiger partial charge in [0.1, 0.15) is 0 Å². The van der Waals surface area contributed by atoms with Crippen molar-refractivity contribution in [2.45, 2.75) is 38.6 Å². The molecule has 0 bridgehead atoms. The number of amides is 1. The Hall–Kier alpha value is -1.73. The summed E-state index contributed by atoms with van der Waals surface area (Å²) in [5, 5.41) is 1.89. The fraction of sp³-hybridized carbons (Fsp3) is 0.611. The molecule has 6 nitrogen and oxygen atoms in total. The molecular formula is C18H24N4O2S. The number of fused-ring (bicyclic) bond motifs is 1. The Bertz CT molecular complexity index is 801. The van der Waals surface area contributed by atoms with Crippen LogP contribution in [0.4, 0.5) is 0 Å². The molecule has 0 saturated carbocycles. The summed E-state index contributed by atoms with van der Waals surface area (Å²) < 4.78 is 1.59. The SMILES string of the molecule is O=C(CC1CCN(Cc2cc(=O)n3ccsc3n2)CC1)N1CCCC1. The third-order valence-corrected chi connectivity index (χ3v) is 6.13. The summed E-state index contributed by atoms with van der Waals surface area (Å²) in [5.41, 5.74) is 0.839. The van der Waals surface area contributed by atoms with Crippen LogP contribution in [0.15, 0.2) is 22.4 Å². The van der Waals surface area contributed by atoms with Gasteiger partial charge in [-0.05, 0) is 44.7 Å². The van der Waals surface area contributed by atoms with E-state index in [0.717, 1.165) is 69.1 Å². The van der Waals surface area contributed by atoms with Gasteiger partial charge in [0, 0.05) is 43.7 Å². The molecule has 25 heavy (non-hydrogen) atoms. The van der Waals surface area contributed by atoms with Crippen LogP contribution >= 0.6 is 11.3 Å². The fourth-order valence-corrected chi connectivity index (χ4v) is 4.63. The Kier molecular flexibility index (Phi) is 4.85. The Labute approximate surface area is 151 Å². The van der Waals surface area contributed by atoms with Gasteiger partial charge in [-0.1, -0.05) is 0 Å². The zero-order valence-corrected chi connectivity index (χ0v) is 15.2. The molecule has 1 amide bonds. The topological polar surface area (TPSA) is 57.9 Å². The molecule has 2 saturated heterocycles. The smallest absolute Gasteiger partial charge is 0.258 e. The highest BCUT2D eigenvalue weighted by Gasteiger charge is 2.25. The maximum Gasteiger partial charge on any atom is 0.258 e. The third-order valence-electron chi connectivity index (χ3n) is 5.37. The van der Waals surface area contributed by atoms with Crippen molar-refractivity contribution < 1.29 is 4.79 Å². The third kappa shape index (κ3) is 3.77. The van der Waals surface area contributed by atoms with Gasteiger partial charge in [0.2, 0.25) is 5.91 Å². The lowest BCUT2D eigenvalue weighted by Gasteiger charge is -2.32. The molecule has 2 aromatic rings. The second kappa shape index (κ2) is 7.25. The predicted octanol–water partition coefficient (Wildman–Crippen LogP) is 1.98. The number of aromatic nitrogens is 2. The molecule has 0 aliphatic carbocycles. The van der Waals surface area contributed by atoms with Gasteiger partial charge < -0.3 is 4.90 Å². The van der Waals surface area contributed by atoms with E-state index in [-0.39, 0.29) is 5.56 Å². The maximum atomic E-state index is 12.3. The van der Waals surface area contributed by atoms with Crippen molar-refractivity contribution in [3.05, 3.63) is 33.7 Å². The Morgan fingerprint density at radius 1 is 1.20 bits per heavy atom. The molecule has 0 aromatic carbocycles. The lowest BCUT2D eigenvalue weighted by Crippen LogP contribution is -2.36. The van der Waals surface area contributed by atoms with Crippen LogP contribution in [0.1, 0.15) is 37.8 Å². The van der Waals surface area contributed by atoms with Crippen molar-refractivity contribution >= 4 is 22.2 Å². The molecule has 4 rings (SSSR count). The van der Waals surface area contributed by atoms with Crippen LogP contribution in [-0.4, -0.2) is 51.3 Å². The summed E-state index contributed by atoms with van der Waals surface area (Å²) in [6, 6.07) is 1.64. The second-order valence-corrected chi connectivity index (χ2v) is 8.03. The standard InChI is InChI=1S/C18H24N4O2S/c23-16(21-5-1-2-6-21)11-14-3-7-20(8-4-14)13-15-12-17(24)22-9-10-25-18(22)19-15/h9-10,12,14H,1-8,11,13H2. The molecule has 4 heterocycles. The van der Waals surface area contributed by atoms with E-state index in [2.05, 4.69) is 9.88 Å². The minimum atomic E-state index is -0.00709. The van der Waals surface area contributed by atoms with E-state index in [4.69, 9.17) is 0 Å². The molecule has 0 spiro atoms. The average Bonchev–Trinajstić information content (AvgIpc) is 3.28. The van der Waals surface area contributed by atoms with Crippen LogP contribution in [0.2, 0.25) is 0 Å². The highest BCUT2D eigenvalue weighted by Crippen LogP contribution is 2.23. The van der Waals surface area contributed by atoms with Crippen molar-refractivity contribution in [2.75, 3.05) is 26.2 Å². The van der Waals surface area contributed by atoms with Crippen molar-refractivity contribution in [3.8, 4) is 0 Å². The molecule has 0 atom stereocenters. The van der Waals surface area contributed by atoms with Gasteiger partial charge in [0.25, 0.3) is 5.56 Å². The van der Waals surface area contributed by atoms with Gasteiger partial charge >= 0.3 is 0 Å². The molecule has 7 heteroatoms. The first-order valence-corrected chi connectivity index (χ1v) is 10.0. The van der Waals surface area contributed by atoms with Crippen LogP contribution in [0.3, 0.4) is 0 Å². The highest BCUT2D eigenvalue weighted by atomic mass is 32.1. The first kappa shape index (κ1) is 16.7. The molecule has 2 aromatic heterocycles. The van der Waals surface area contributed by atoms with Gasteiger partial charge in [-0.15, -0.1) is 11.3 Å². The first-order valence-electron chi connectivity index (χ1n) is 9.15. The second-order valence-electron chi connectivity index (χ2n) is 7.15. The van der Waals surface area contributed by atoms with Gasteiger partial charge in [-0.2, -0.15) is 0 Å². The van der Waals surface area contributed by atoms with E-state index in [1.54, 1.807) is 16.7 Å². The number of nitrogens with zero attached hydrogens (tertiary/aromatic N) is 4. The van der Waals surface area contributed by atoms with Crippen LogP contribution in [0.25, 0.3) is 4.96 Å². The monoisotopic (exact) mass is 360 g/mol. The first-order chi connectivity index (χ1) is 12.2. The van der Waals surface area contributed by atoms with Gasteiger partial charge in [-0.25, -0.2) is 4.98 Å². The number of carbonyl (C=O) groups excluding carboxylic acids is 1. The number of hydrogen-bond acceptors (Lipinski definition) is 5. The van der Waals surface area contributed by atoms with Gasteiger partial charge in [0.15, 0.2) is 4.96 Å². The van der Waals surface area contributed by atoms with E-state index < -0.39 is 0 Å². The van der Waals surface area contributed by atoms with Crippen LogP contribution < -0.4 is 5.56 Å². The Balaban J connectivity index is 1.30. The number of piperidine rings is 1. The van der Waals surface area contributed by atoms with E-state index in [1.807, 2.05) is 10.3 Å². The minimum Gasteiger partial charge on any atom is -0.343 e. The quantitative estimate of drug-likeness (QED) is 0.837. The summed E-state index contributed by atoms with van der Waals surface area (Å²) in [4.78, 5) is 34.1. The highest BCUT2D eigenvalue weighted by molar-refractivity contribution is 7.15. The lowest BCUT2D eigenvalue weighted by molar-refractivity contribution is -0.131. The van der Waals surface area contributed by atoms with Crippen LogP contribution in [0, 0.1) is 5.92 Å². The van der Waals surface area contributed by atoms with E-state index >= 15 is 0 Å². The number of likely N-dealkylation sites (tertiary alicyclic amines) is 2. The van der Waals surface area contributed by atoms with Crippen molar-refractivity contribution in [1.82, 2.24) is 19.2 Å². The molecular weight excluding hydrogens is 336 g/mol. The number of thiazole rings is 1. The van der Waals surface area contributed by atoms with Crippen LogP contribution in [-0.2, 0) is 11.3 Å². The van der Waals surface area contributed by atoms with Gasteiger partial charge in [-0.3, -0.25) is 18.9 Å². The summed E-state index contributed by atoms with van der Waals surface area (Å²) in [6.07, 6.45) is 6.90. The molecule has 2 aliphatic rings.